The molecule has 0 bridgehead atoms. The second-order valence-electron chi connectivity index (χ2n) is 6.23. The maximum atomic E-state index is 12.5. The van der Waals surface area contributed by atoms with E-state index in [4.69, 9.17) is 13.9 Å². The van der Waals surface area contributed by atoms with Gasteiger partial charge in [0.1, 0.15) is 5.76 Å². The van der Waals surface area contributed by atoms with Crippen LogP contribution < -0.4 is 0 Å². The molecule has 5 heteroatoms. The first kappa shape index (κ1) is 18.3. The first-order chi connectivity index (χ1) is 10.2. The zero-order valence-corrected chi connectivity index (χ0v) is 14.2. The van der Waals surface area contributed by atoms with Crippen molar-refractivity contribution in [2.45, 2.75) is 59.7 Å². The topological polar surface area (TPSA) is 65.7 Å². The number of ether oxygens (including phenoxy) is 2. The number of rotatable bonds is 7. The van der Waals surface area contributed by atoms with Gasteiger partial charge in [0.2, 0.25) is 0 Å². The van der Waals surface area contributed by atoms with Crippen LogP contribution in [-0.4, -0.2) is 24.1 Å². The van der Waals surface area contributed by atoms with E-state index < -0.39 is 23.8 Å². The van der Waals surface area contributed by atoms with Crippen LogP contribution in [-0.2, 0) is 19.1 Å². The molecular weight excluding hydrogens is 284 g/mol. The maximum Gasteiger partial charge on any atom is 0.321 e. The predicted octanol–water partition coefficient (Wildman–Crippen LogP) is 3.54. The molecule has 1 atom stereocenters. The van der Waals surface area contributed by atoms with Gasteiger partial charge in [-0.2, -0.15) is 0 Å². The van der Waals surface area contributed by atoms with Crippen LogP contribution in [0, 0.1) is 11.8 Å². The lowest BCUT2D eigenvalue weighted by Gasteiger charge is -2.27. The van der Waals surface area contributed by atoms with Crippen molar-refractivity contribution in [1.82, 2.24) is 0 Å². The van der Waals surface area contributed by atoms with E-state index in [0.717, 1.165) is 0 Å². The van der Waals surface area contributed by atoms with Crippen molar-refractivity contribution < 1.29 is 23.5 Å². The molecule has 1 aromatic rings. The Morgan fingerprint density at radius 2 is 1.45 bits per heavy atom. The Morgan fingerprint density at radius 3 is 1.77 bits per heavy atom. The van der Waals surface area contributed by atoms with Crippen LogP contribution in [0.2, 0.25) is 0 Å². The van der Waals surface area contributed by atoms with Gasteiger partial charge in [0.05, 0.1) is 18.5 Å². The van der Waals surface area contributed by atoms with Gasteiger partial charge in [-0.15, -0.1) is 0 Å². The monoisotopic (exact) mass is 310 g/mol. The second-order valence-corrected chi connectivity index (χ2v) is 6.23. The van der Waals surface area contributed by atoms with Crippen LogP contribution in [0.4, 0.5) is 0 Å². The number of hydrogen-bond donors (Lipinski definition) is 0. The number of carbonyl (C=O) groups excluding carboxylic acids is 2. The summed E-state index contributed by atoms with van der Waals surface area (Å²) in [6.07, 6.45) is 0.932. The first-order valence-corrected chi connectivity index (χ1v) is 7.68. The van der Waals surface area contributed by atoms with Gasteiger partial charge < -0.3 is 13.9 Å². The third kappa shape index (κ3) is 4.90. The normalized spacial score (nSPS) is 13.0. The predicted molar refractivity (Wildman–Crippen MR) is 82.2 cm³/mol. The summed E-state index contributed by atoms with van der Waals surface area (Å²) < 4.78 is 16.0. The molecule has 0 aliphatic heterocycles. The summed E-state index contributed by atoms with van der Waals surface area (Å²) in [5, 5.41) is 0. The van der Waals surface area contributed by atoms with E-state index in [1.807, 2.05) is 13.8 Å². The highest BCUT2D eigenvalue weighted by atomic mass is 16.6. The average molecular weight is 310 g/mol. The molecule has 0 amide bonds. The average Bonchev–Trinajstić information content (AvgIpc) is 2.86. The highest BCUT2D eigenvalue weighted by Gasteiger charge is 2.42. The minimum atomic E-state index is -1.03. The largest absolute Gasteiger partial charge is 0.469 e. The molecule has 22 heavy (non-hydrogen) atoms. The summed E-state index contributed by atoms with van der Waals surface area (Å²) in [6.45, 7) is 10.9. The maximum absolute atomic E-state index is 12.5. The summed E-state index contributed by atoms with van der Waals surface area (Å²) in [5.74, 6) is -2.01. The van der Waals surface area contributed by atoms with E-state index in [1.54, 1.807) is 39.8 Å². The molecule has 5 nitrogen and oxygen atoms in total. The lowest BCUT2D eigenvalue weighted by Crippen LogP contribution is -2.37. The zero-order chi connectivity index (χ0) is 16.9. The third-order valence-corrected chi connectivity index (χ3v) is 3.16. The van der Waals surface area contributed by atoms with Gasteiger partial charge in [-0.25, -0.2) is 0 Å². The SMILES string of the molecule is CC(C)OC(=O)C(C(=O)OC(C)C)C(c1ccco1)C(C)C. The van der Waals surface area contributed by atoms with Crippen molar-refractivity contribution in [3.63, 3.8) is 0 Å². The molecule has 0 radical (unpaired) electrons. The number of esters is 2. The molecule has 0 aliphatic rings. The quantitative estimate of drug-likeness (QED) is 0.569. The van der Waals surface area contributed by atoms with E-state index in [-0.39, 0.29) is 18.1 Å². The highest BCUT2D eigenvalue weighted by molar-refractivity contribution is 5.96. The van der Waals surface area contributed by atoms with Crippen LogP contribution in [0.5, 0.6) is 0 Å². The molecule has 1 unspecified atom stereocenters. The minimum absolute atomic E-state index is 0.00979. The van der Waals surface area contributed by atoms with Crippen LogP contribution in [0.15, 0.2) is 22.8 Å². The molecular formula is C17H26O5. The van der Waals surface area contributed by atoms with Gasteiger partial charge in [-0.05, 0) is 45.7 Å². The summed E-state index contributed by atoms with van der Waals surface area (Å²) in [4.78, 5) is 24.9. The van der Waals surface area contributed by atoms with Crippen molar-refractivity contribution in [2.24, 2.45) is 11.8 Å². The van der Waals surface area contributed by atoms with Gasteiger partial charge in [-0.3, -0.25) is 9.59 Å². The second kappa shape index (κ2) is 8.01. The molecule has 124 valence electrons. The molecule has 0 aromatic carbocycles. The molecule has 1 heterocycles. The first-order valence-electron chi connectivity index (χ1n) is 7.68. The third-order valence-electron chi connectivity index (χ3n) is 3.16. The molecule has 0 saturated carbocycles. The number of furan rings is 1. The summed E-state index contributed by atoms with van der Waals surface area (Å²) in [7, 11) is 0. The number of hydrogen-bond acceptors (Lipinski definition) is 5. The van der Waals surface area contributed by atoms with E-state index in [0.29, 0.717) is 5.76 Å². The minimum Gasteiger partial charge on any atom is -0.469 e. The van der Waals surface area contributed by atoms with E-state index in [2.05, 4.69) is 0 Å². The van der Waals surface area contributed by atoms with Crippen molar-refractivity contribution in [2.75, 3.05) is 0 Å². The zero-order valence-electron chi connectivity index (χ0n) is 14.2. The standard InChI is InChI=1S/C17H26O5/c1-10(2)14(13-8-7-9-20-13)15(16(18)21-11(3)4)17(19)22-12(5)6/h7-12,14-15H,1-6H3. The summed E-state index contributed by atoms with van der Waals surface area (Å²) in [6, 6.07) is 3.51. The Bertz CT molecular complexity index is 451. The summed E-state index contributed by atoms with van der Waals surface area (Å²) in [5.41, 5.74) is 0. The fourth-order valence-corrected chi connectivity index (χ4v) is 2.36. The molecule has 0 spiro atoms. The van der Waals surface area contributed by atoms with Crippen LogP contribution in [0.25, 0.3) is 0 Å². The van der Waals surface area contributed by atoms with Crippen LogP contribution in [0.3, 0.4) is 0 Å². The molecule has 0 N–H and O–H groups in total. The molecule has 1 rings (SSSR count). The van der Waals surface area contributed by atoms with Gasteiger partial charge in [0, 0.05) is 5.92 Å². The fourth-order valence-electron chi connectivity index (χ4n) is 2.36. The summed E-state index contributed by atoms with van der Waals surface area (Å²) >= 11 is 0. The smallest absolute Gasteiger partial charge is 0.321 e. The molecule has 0 aliphatic carbocycles. The molecule has 0 saturated heterocycles. The van der Waals surface area contributed by atoms with E-state index in [1.165, 1.54) is 6.26 Å². The van der Waals surface area contributed by atoms with Crippen LogP contribution >= 0.6 is 0 Å². The van der Waals surface area contributed by atoms with Gasteiger partial charge in [-0.1, -0.05) is 13.8 Å². The highest BCUT2D eigenvalue weighted by Crippen LogP contribution is 2.34. The van der Waals surface area contributed by atoms with Crippen molar-refractivity contribution in [3.8, 4) is 0 Å². The molecule has 1 aromatic heterocycles. The lowest BCUT2D eigenvalue weighted by molar-refractivity contribution is -0.168. The van der Waals surface area contributed by atoms with Gasteiger partial charge in [0.15, 0.2) is 5.92 Å². The van der Waals surface area contributed by atoms with Gasteiger partial charge >= 0.3 is 11.9 Å². The lowest BCUT2D eigenvalue weighted by atomic mass is 9.81. The Morgan fingerprint density at radius 1 is 0.955 bits per heavy atom. The number of carbonyl (C=O) groups is 2. The van der Waals surface area contributed by atoms with Crippen molar-refractivity contribution >= 4 is 11.9 Å². The molecule has 0 fully saturated rings. The fraction of sp³-hybridized carbons (Fsp3) is 0.647. The van der Waals surface area contributed by atoms with E-state index >= 15 is 0 Å². The van der Waals surface area contributed by atoms with Crippen molar-refractivity contribution in [1.29, 1.82) is 0 Å². The van der Waals surface area contributed by atoms with Crippen LogP contribution in [0.1, 0.15) is 53.2 Å². The Labute approximate surface area is 132 Å². The van der Waals surface area contributed by atoms with E-state index in [9.17, 15) is 9.59 Å². The van der Waals surface area contributed by atoms with Gasteiger partial charge in [0.25, 0.3) is 0 Å². The Hall–Kier alpha value is -1.78. The Kier molecular flexibility index (Phi) is 6.65. The van der Waals surface area contributed by atoms with Crippen molar-refractivity contribution in [3.05, 3.63) is 24.2 Å². The Balaban J connectivity index is 3.15.